The smallest absolute Gasteiger partial charge is 0.310 e. The number of fused-ring (bicyclic) bond motifs is 2. The van der Waals surface area contributed by atoms with Gasteiger partial charge >= 0.3 is 5.97 Å². The Hall–Kier alpha value is -1.35. The van der Waals surface area contributed by atoms with Crippen molar-refractivity contribution in [3.8, 4) is 0 Å². The number of carbonyl (C=O) groups is 1. The van der Waals surface area contributed by atoms with Gasteiger partial charge in [-0.1, -0.05) is 30.3 Å². The van der Waals surface area contributed by atoms with Gasteiger partial charge in [0.25, 0.3) is 0 Å². The largest absolute Gasteiger partial charge is 0.462 e. The van der Waals surface area contributed by atoms with Crippen LogP contribution in [0.1, 0.15) is 31.2 Å². The first-order valence-electron chi connectivity index (χ1n) is 7.17. The highest BCUT2D eigenvalue weighted by molar-refractivity contribution is 5.72. The van der Waals surface area contributed by atoms with Crippen LogP contribution >= 0.6 is 0 Å². The molecule has 0 unspecified atom stereocenters. The predicted molar refractivity (Wildman–Crippen MR) is 73.8 cm³/mol. The molecule has 3 heteroatoms. The van der Waals surface area contributed by atoms with Crippen LogP contribution in [0.3, 0.4) is 0 Å². The van der Waals surface area contributed by atoms with E-state index in [2.05, 4.69) is 11.9 Å². The predicted octanol–water partition coefficient (Wildman–Crippen LogP) is 2.40. The maximum Gasteiger partial charge on any atom is 0.310 e. The van der Waals surface area contributed by atoms with Crippen molar-refractivity contribution in [2.75, 3.05) is 7.05 Å². The van der Waals surface area contributed by atoms with Crippen LogP contribution in [0.2, 0.25) is 0 Å². The molecule has 1 aromatic rings. The molecule has 0 amide bonds. The van der Waals surface area contributed by atoms with Crippen LogP contribution in [0.4, 0.5) is 0 Å². The molecule has 1 aromatic carbocycles. The second-order valence-electron chi connectivity index (χ2n) is 5.80. The topological polar surface area (TPSA) is 29.5 Å². The third-order valence-electron chi connectivity index (χ3n) is 4.54. The molecule has 0 radical (unpaired) electrons. The molecule has 0 aromatic heterocycles. The molecule has 19 heavy (non-hydrogen) atoms. The van der Waals surface area contributed by atoms with Crippen LogP contribution in [0, 0.1) is 0 Å². The van der Waals surface area contributed by atoms with Crippen molar-refractivity contribution in [3.63, 3.8) is 0 Å². The number of ether oxygens (including phenoxy) is 1. The molecule has 0 N–H and O–H groups in total. The Bertz CT molecular complexity index is 431. The highest BCUT2D eigenvalue weighted by Gasteiger charge is 2.39. The van der Waals surface area contributed by atoms with Crippen molar-refractivity contribution in [2.45, 2.75) is 50.3 Å². The van der Waals surface area contributed by atoms with Crippen molar-refractivity contribution in [1.29, 1.82) is 0 Å². The van der Waals surface area contributed by atoms with E-state index in [4.69, 9.17) is 4.74 Å². The monoisotopic (exact) mass is 259 g/mol. The zero-order chi connectivity index (χ0) is 13.2. The lowest BCUT2D eigenvalue weighted by atomic mass is 10.0. The van der Waals surface area contributed by atoms with E-state index < -0.39 is 0 Å². The van der Waals surface area contributed by atoms with Crippen LogP contribution < -0.4 is 0 Å². The molecule has 0 spiro atoms. The van der Waals surface area contributed by atoms with Crippen LogP contribution in [0.15, 0.2) is 30.3 Å². The van der Waals surface area contributed by atoms with E-state index in [9.17, 15) is 4.79 Å². The standard InChI is InChI=1S/C16H21NO2/c1-17-13-7-8-14(17)11-15(10-13)19-16(18)9-12-5-3-2-4-6-12/h2-6,13-15H,7-11H2,1H3/t13-,14-/m0/s1. The summed E-state index contributed by atoms with van der Waals surface area (Å²) in [5.41, 5.74) is 1.03. The molecular weight excluding hydrogens is 238 g/mol. The second-order valence-corrected chi connectivity index (χ2v) is 5.80. The van der Waals surface area contributed by atoms with E-state index in [0.29, 0.717) is 18.5 Å². The van der Waals surface area contributed by atoms with Crippen molar-refractivity contribution < 1.29 is 9.53 Å². The average molecular weight is 259 g/mol. The highest BCUT2D eigenvalue weighted by Crippen LogP contribution is 2.35. The van der Waals surface area contributed by atoms with Crippen molar-refractivity contribution in [3.05, 3.63) is 35.9 Å². The third-order valence-corrected chi connectivity index (χ3v) is 4.54. The Balaban J connectivity index is 1.53. The van der Waals surface area contributed by atoms with E-state index in [1.165, 1.54) is 12.8 Å². The van der Waals surface area contributed by atoms with Gasteiger partial charge in [0.15, 0.2) is 0 Å². The summed E-state index contributed by atoms with van der Waals surface area (Å²) in [5.74, 6) is -0.0832. The summed E-state index contributed by atoms with van der Waals surface area (Å²) in [6, 6.07) is 11.1. The minimum absolute atomic E-state index is 0.0832. The first-order chi connectivity index (χ1) is 9.22. The molecule has 2 aliphatic rings. The van der Waals surface area contributed by atoms with Gasteiger partial charge < -0.3 is 9.64 Å². The van der Waals surface area contributed by atoms with E-state index in [0.717, 1.165) is 18.4 Å². The van der Waals surface area contributed by atoms with E-state index >= 15 is 0 Å². The molecule has 102 valence electrons. The minimum atomic E-state index is -0.0832. The maximum absolute atomic E-state index is 12.0. The van der Waals surface area contributed by atoms with Gasteiger partial charge in [0, 0.05) is 12.1 Å². The molecule has 0 saturated carbocycles. The maximum atomic E-state index is 12.0. The minimum Gasteiger partial charge on any atom is -0.462 e. The fourth-order valence-corrected chi connectivity index (χ4v) is 3.45. The summed E-state index contributed by atoms with van der Waals surface area (Å²) < 4.78 is 5.66. The zero-order valence-corrected chi connectivity index (χ0v) is 11.4. The number of carbonyl (C=O) groups excluding carboxylic acids is 1. The number of nitrogens with zero attached hydrogens (tertiary/aromatic N) is 1. The number of hydrogen-bond acceptors (Lipinski definition) is 3. The molecule has 0 aliphatic carbocycles. The average Bonchev–Trinajstić information content (AvgIpc) is 2.63. The lowest BCUT2D eigenvalue weighted by Gasteiger charge is -2.35. The molecule has 3 nitrogen and oxygen atoms in total. The molecule has 2 bridgehead atoms. The second kappa shape index (κ2) is 5.33. The molecule has 2 heterocycles. The fraction of sp³-hybridized carbons (Fsp3) is 0.562. The summed E-state index contributed by atoms with van der Waals surface area (Å²) >= 11 is 0. The SMILES string of the molecule is CN1[C@H]2CC[C@H]1CC(OC(=O)Cc1ccccc1)C2. The molecule has 2 atom stereocenters. The van der Waals surface area contributed by atoms with Gasteiger partial charge in [-0.05, 0) is 38.3 Å². The van der Waals surface area contributed by atoms with E-state index in [1.807, 2.05) is 30.3 Å². The quantitative estimate of drug-likeness (QED) is 0.781. The van der Waals surface area contributed by atoms with Crippen LogP contribution in [0.25, 0.3) is 0 Å². The number of hydrogen-bond donors (Lipinski definition) is 0. The number of rotatable bonds is 3. The van der Waals surface area contributed by atoms with Gasteiger partial charge in [0.1, 0.15) is 6.10 Å². The summed E-state index contributed by atoms with van der Waals surface area (Å²) in [4.78, 5) is 14.4. The van der Waals surface area contributed by atoms with E-state index in [-0.39, 0.29) is 12.1 Å². The first-order valence-corrected chi connectivity index (χ1v) is 7.17. The van der Waals surface area contributed by atoms with Gasteiger partial charge in [-0.3, -0.25) is 4.79 Å². The zero-order valence-electron chi connectivity index (χ0n) is 11.4. The lowest BCUT2D eigenvalue weighted by molar-refractivity contribution is -0.151. The van der Waals surface area contributed by atoms with Gasteiger partial charge in [0.05, 0.1) is 6.42 Å². The highest BCUT2D eigenvalue weighted by atomic mass is 16.5. The van der Waals surface area contributed by atoms with Crippen molar-refractivity contribution >= 4 is 5.97 Å². The Morgan fingerprint density at radius 3 is 2.47 bits per heavy atom. The molecule has 2 fully saturated rings. The lowest BCUT2D eigenvalue weighted by Crippen LogP contribution is -2.43. The third kappa shape index (κ3) is 2.81. The number of benzene rings is 1. The Kier molecular flexibility index (Phi) is 3.56. The Morgan fingerprint density at radius 2 is 1.84 bits per heavy atom. The van der Waals surface area contributed by atoms with Crippen LogP contribution in [-0.2, 0) is 16.0 Å². The molecule has 2 aliphatic heterocycles. The summed E-state index contributed by atoms with van der Waals surface area (Å²) in [7, 11) is 2.20. The van der Waals surface area contributed by atoms with Gasteiger partial charge in [-0.15, -0.1) is 0 Å². The van der Waals surface area contributed by atoms with Crippen molar-refractivity contribution in [1.82, 2.24) is 4.90 Å². The van der Waals surface area contributed by atoms with Crippen LogP contribution in [-0.4, -0.2) is 36.1 Å². The molecule has 3 rings (SSSR count). The fourth-order valence-electron chi connectivity index (χ4n) is 3.45. The number of esters is 1. The Morgan fingerprint density at radius 1 is 1.21 bits per heavy atom. The van der Waals surface area contributed by atoms with Gasteiger partial charge in [-0.25, -0.2) is 0 Å². The van der Waals surface area contributed by atoms with Crippen LogP contribution in [0.5, 0.6) is 0 Å². The molecular formula is C16H21NO2. The van der Waals surface area contributed by atoms with Gasteiger partial charge in [-0.2, -0.15) is 0 Å². The summed E-state index contributed by atoms with van der Waals surface area (Å²) in [6.45, 7) is 0. The first kappa shape index (κ1) is 12.7. The normalized spacial score (nSPS) is 30.3. The molecule has 2 saturated heterocycles. The summed E-state index contributed by atoms with van der Waals surface area (Å²) in [6.07, 6.45) is 5.05. The number of piperidine rings is 1. The van der Waals surface area contributed by atoms with Crippen molar-refractivity contribution in [2.24, 2.45) is 0 Å². The summed E-state index contributed by atoms with van der Waals surface area (Å²) in [5, 5.41) is 0. The van der Waals surface area contributed by atoms with Gasteiger partial charge in [0.2, 0.25) is 0 Å². The Labute approximate surface area is 114 Å². The van der Waals surface area contributed by atoms with E-state index in [1.54, 1.807) is 0 Å².